The second-order valence-electron chi connectivity index (χ2n) is 6.47. The number of hydrogen-bond donors (Lipinski definition) is 1. The number of hydrogen-bond acceptors (Lipinski definition) is 11. The van der Waals surface area contributed by atoms with Crippen molar-refractivity contribution in [1.29, 1.82) is 0 Å². The Morgan fingerprint density at radius 2 is 1.03 bits per heavy atom. The molecule has 0 bridgehead atoms. The number of rotatable bonds is 17. The van der Waals surface area contributed by atoms with E-state index in [2.05, 4.69) is 5.32 Å². The second kappa shape index (κ2) is 17.4. The summed E-state index contributed by atoms with van der Waals surface area (Å²) in [6.45, 7) is 1.80. The van der Waals surface area contributed by atoms with Crippen molar-refractivity contribution in [2.75, 3.05) is 65.4 Å². The molecule has 0 atom stereocenters. The first kappa shape index (κ1) is 30.9. The normalized spacial score (nSPS) is 10.7. The summed E-state index contributed by atoms with van der Waals surface area (Å²) in [6, 6.07) is 0. The Labute approximate surface area is 207 Å². The summed E-state index contributed by atoms with van der Waals surface area (Å²) in [5.41, 5.74) is 0. The van der Waals surface area contributed by atoms with Crippen LogP contribution in [0, 0.1) is 39.9 Å². The summed E-state index contributed by atoms with van der Waals surface area (Å²) in [5, 5.41) is 35.2. The minimum atomic E-state index is -1.39. The van der Waals surface area contributed by atoms with Crippen molar-refractivity contribution in [3.05, 3.63) is 0 Å². The fourth-order valence-corrected chi connectivity index (χ4v) is 2.58. The van der Waals surface area contributed by atoms with Gasteiger partial charge in [-0.3, -0.25) is 24.3 Å². The van der Waals surface area contributed by atoms with Gasteiger partial charge in [0, 0.05) is 52.4 Å². The second-order valence-corrected chi connectivity index (χ2v) is 6.47. The maximum Gasteiger partial charge on any atom is 3.00 e. The van der Waals surface area contributed by atoms with Crippen LogP contribution in [0.3, 0.4) is 0 Å². The van der Waals surface area contributed by atoms with E-state index < -0.39 is 37.5 Å². The van der Waals surface area contributed by atoms with Gasteiger partial charge in [0.2, 0.25) is 5.91 Å². The smallest absolute Gasteiger partial charge is 0.549 e. The number of aliphatic carboxylic acids is 3. The predicted molar refractivity (Wildman–Crippen MR) is 93.7 cm³/mol. The molecule has 0 aliphatic rings. The third kappa shape index (κ3) is 17.6. The van der Waals surface area contributed by atoms with Crippen molar-refractivity contribution >= 4 is 29.6 Å². The van der Waals surface area contributed by atoms with Crippen LogP contribution in [0.1, 0.15) is 13.8 Å². The van der Waals surface area contributed by atoms with Crippen molar-refractivity contribution in [2.45, 2.75) is 13.8 Å². The first-order chi connectivity index (χ1) is 13.5. The number of nitrogens with zero attached hydrogens (tertiary/aromatic N) is 3. The fourth-order valence-electron chi connectivity index (χ4n) is 2.58. The molecule has 0 aromatic rings. The van der Waals surface area contributed by atoms with E-state index >= 15 is 0 Å². The van der Waals surface area contributed by atoms with Gasteiger partial charge < -0.3 is 35.0 Å². The standard InChI is InChI=1S/C17H30N4O8.Gd/c1-3-18-14(23)9-21(12-17(28)29)7-5-19(10-15(24)25)4-6-20(8-13(2)22)11-16(26)27;/h3-12H2,1-2H3,(H,18,23)(H,24,25)(H,26,27)(H,28,29);/q;+3/p-3. The minimum Gasteiger partial charge on any atom is -0.549 e. The summed E-state index contributed by atoms with van der Waals surface area (Å²) < 4.78 is 0. The molecule has 1 N–H and O–H groups in total. The van der Waals surface area contributed by atoms with Crippen LogP contribution in [0.5, 0.6) is 0 Å². The van der Waals surface area contributed by atoms with Crippen molar-refractivity contribution in [2.24, 2.45) is 0 Å². The molecule has 0 aromatic carbocycles. The van der Waals surface area contributed by atoms with E-state index in [4.69, 9.17) is 0 Å². The zero-order valence-electron chi connectivity index (χ0n) is 17.0. The molecule has 171 valence electrons. The van der Waals surface area contributed by atoms with Crippen LogP contribution in [-0.4, -0.2) is 110 Å². The van der Waals surface area contributed by atoms with E-state index in [1.54, 1.807) is 6.92 Å². The van der Waals surface area contributed by atoms with Crippen molar-refractivity contribution in [3.63, 3.8) is 0 Å². The van der Waals surface area contributed by atoms with E-state index in [1.165, 1.54) is 21.6 Å². The topological polar surface area (TPSA) is 176 Å². The number of carbonyl (C=O) groups excluding carboxylic acids is 5. The molecule has 0 saturated heterocycles. The average molecular weight is 573 g/mol. The van der Waals surface area contributed by atoms with E-state index in [1.807, 2.05) is 0 Å². The van der Waals surface area contributed by atoms with E-state index in [0.29, 0.717) is 6.54 Å². The molecule has 0 aliphatic carbocycles. The predicted octanol–water partition coefficient (Wildman–Crippen LogP) is -6.13. The molecular weight excluding hydrogens is 545 g/mol. The molecule has 0 saturated carbocycles. The van der Waals surface area contributed by atoms with Crippen LogP contribution in [-0.2, 0) is 24.0 Å². The molecule has 1 amide bonds. The van der Waals surface area contributed by atoms with Gasteiger partial charge in [-0.15, -0.1) is 0 Å². The SMILES string of the molecule is CCNC(=O)CN(CCN(CCN(CC(C)=O)CC(=O)[O-])CC(=O)[O-])CC(=O)[O-].[Gd+3]. The van der Waals surface area contributed by atoms with Gasteiger partial charge in [0.1, 0.15) is 5.78 Å². The number of amides is 1. The van der Waals surface area contributed by atoms with Crippen LogP contribution in [0.2, 0.25) is 0 Å². The number of Topliss-reactive ketones (excluding diaryl/α,β-unsaturated/α-hetero) is 1. The molecule has 0 spiro atoms. The van der Waals surface area contributed by atoms with Crippen LogP contribution >= 0.6 is 0 Å². The van der Waals surface area contributed by atoms with Gasteiger partial charge in [-0.1, -0.05) is 0 Å². The van der Waals surface area contributed by atoms with Crippen molar-refractivity contribution in [1.82, 2.24) is 20.0 Å². The molecule has 13 heteroatoms. The summed E-state index contributed by atoms with van der Waals surface area (Å²) in [4.78, 5) is 59.6. The van der Waals surface area contributed by atoms with Gasteiger partial charge >= 0.3 is 39.9 Å². The number of carboxylic acids is 3. The first-order valence-corrected chi connectivity index (χ1v) is 9.06. The summed E-state index contributed by atoms with van der Waals surface area (Å²) in [6.07, 6.45) is 0. The van der Waals surface area contributed by atoms with Crippen LogP contribution in [0.4, 0.5) is 0 Å². The maximum absolute atomic E-state index is 11.7. The number of carboxylic acid groups (broad SMARTS) is 3. The number of carbonyl (C=O) groups is 5. The fraction of sp³-hybridized carbons (Fsp3) is 0.706. The number of likely N-dealkylation sites (N-methyl/N-ethyl adjacent to an activating group) is 1. The molecule has 1 radical (unpaired) electrons. The zero-order valence-corrected chi connectivity index (χ0v) is 19.3. The van der Waals surface area contributed by atoms with Crippen molar-refractivity contribution in [3.8, 4) is 0 Å². The Kier molecular flexibility index (Phi) is 18.0. The molecule has 12 nitrogen and oxygen atoms in total. The van der Waals surface area contributed by atoms with E-state index in [-0.39, 0.29) is 90.9 Å². The minimum absolute atomic E-state index is 0. The molecule has 0 fully saturated rings. The zero-order chi connectivity index (χ0) is 22.4. The van der Waals surface area contributed by atoms with Gasteiger partial charge in [0.15, 0.2) is 0 Å². The maximum atomic E-state index is 11.7. The Hall–Kier alpha value is -1.25. The monoisotopic (exact) mass is 573 g/mol. The molecule has 0 aromatic heterocycles. The Morgan fingerprint density at radius 1 is 0.667 bits per heavy atom. The third-order valence-electron chi connectivity index (χ3n) is 3.71. The van der Waals surface area contributed by atoms with Crippen LogP contribution in [0.25, 0.3) is 0 Å². The number of ketones is 1. The van der Waals surface area contributed by atoms with E-state index in [0.717, 1.165) is 0 Å². The average Bonchev–Trinajstić information content (AvgIpc) is 2.55. The molecule has 0 unspecified atom stereocenters. The third-order valence-corrected chi connectivity index (χ3v) is 3.71. The number of nitrogens with one attached hydrogen (secondary N) is 1. The van der Waals surface area contributed by atoms with Crippen molar-refractivity contribution < 1.29 is 79.2 Å². The van der Waals surface area contributed by atoms with Crippen LogP contribution in [0.15, 0.2) is 0 Å². The Bertz CT molecular complexity index is 574. The molecule has 0 aliphatic heterocycles. The molecule has 30 heavy (non-hydrogen) atoms. The quantitative estimate of drug-likeness (QED) is 0.175. The van der Waals surface area contributed by atoms with E-state index in [9.17, 15) is 39.3 Å². The summed E-state index contributed by atoms with van der Waals surface area (Å²) >= 11 is 0. The Balaban J connectivity index is 0. The van der Waals surface area contributed by atoms with Gasteiger partial charge in [0.25, 0.3) is 0 Å². The molecular formula is C17H27GdN4O8. The summed E-state index contributed by atoms with van der Waals surface area (Å²) in [7, 11) is 0. The van der Waals surface area contributed by atoms with Gasteiger partial charge in [-0.25, -0.2) is 0 Å². The van der Waals surface area contributed by atoms with Gasteiger partial charge in [-0.05, 0) is 13.8 Å². The van der Waals surface area contributed by atoms with Crippen LogP contribution < -0.4 is 20.6 Å². The van der Waals surface area contributed by atoms with Gasteiger partial charge in [0.05, 0.1) is 31.0 Å². The summed E-state index contributed by atoms with van der Waals surface area (Å²) in [5.74, 6) is -4.79. The van der Waals surface area contributed by atoms with Gasteiger partial charge in [-0.2, -0.15) is 0 Å². The molecule has 0 heterocycles. The Morgan fingerprint density at radius 3 is 1.40 bits per heavy atom. The molecule has 0 rings (SSSR count). The largest absolute Gasteiger partial charge is 3.00 e. The first-order valence-electron chi connectivity index (χ1n) is 9.06.